The van der Waals surface area contributed by atoms with Crippen LogP contribution in [0.1, 0.15) is 42.5 Å². The number of rotatable bonds is 4. The maximum atomic E-state index is 12.4. The number of amides is 1. The van der Waals surface area contributed by atoms with Gasteiger partial charge in [-0.25, -0.2) is 0 Å². The largest absolute Gasteiger partial charge is 0.395 e. The van der Waals surface area contributed by atoms with E-state index in [1.807, 2.05) is 0 Å². The van der Waals surface area contributed by atoms with Gasteiger partial charge in [0.1, 0.15) is 0 Å². The van der Waals surface area contributed by atoms with Crippen molar-refractivity contribution in [3.05, 3.63) is 34.2 Å². The Bertz CT molecular complexity index is 457. The maximum Gasteiger partial charge on any atom is 0.255 e. The lowest BCUT2D eigenvalue weighted by molar-refractivity contribution is 0.0585. The van der Waals surface area contributed by atoms with Crippen molar-refractivity contribution in [2.75, 3.05) is 13.2 Å². The molecular weight excluding hydrogens is 244 g/mol. The van der Waals surface area contributed by atoms with Gasteiger partial charge in [-0.05, 0) is 18.9 Å². The maximum absolute atomic E-state index is 12.4. The van der Waals surface area contributed by atoms with Gasteiger partial charge in [0.05, 0.1) is 12.2 Å². The van der Waals surface area contributed by atoms with Gasteiger partial charge in [0.25, 0.3) is 5.91 Å². The van der Waals surface area contributed by atoms with Gasteiger partial charge in [0.2, 0.25) is 5.56 Å². The lowest BCUT2D eigenvalue weighted by Crippen LogP contribution is -2.43. The van der Waals surface area contributed by atoms with Crippen LogP contribution in [-0.2, 0) is 0 Å². The molecule has 0 radical (unpaired) electrons. The second-order valence-corrected chi connectivity index (χ2v) is 4.96. The van der Waals surface area contributed by atoms with E-state index in [-0.39, 0.29) is 24.1 Å². The standard InChI is InChI=1S/C14H20N2O3/c17-9-8-16(12-4-2-1-3-5-12)14(19)11-6-7-13(18)15-10-11/h6-7,10,12,17H,1-5,8-9H2,(H,15,18). The van der Waals surface area contributed by atoms with Gasteiger partial charge in [-0.1, -0.05) is 19.3 Å². The van der Waals surface area contributed by atoms with Crippen molar-refractivity contribution < 1.29 is 9.90 Å². The van der Waals surface area contributed by atoms with E-state index in [2.05, 4.69) is 4.98 Å². The fourth-order valence-corrected chi connectivity index (χ4v) is 2.66. The molecule has 1 aliphatic rings. The summed E-state index contributed by atoms with van der Waals surface area (Å²) in [5.74, 6) is -0.114. The van der Waals surface area contributed by atoms with Gasteiger partial charge in [0.15, 0.2) is 0 Å². The third kappa shape index (κ3) is 3.44. The molecule has 0 aliphatic heterocycles. The monoisotopic (exact) mass is 264 g/mol. The number of carbonyl (C=O) groups is 1. The zero-order chi connectivity index (χ0) is 13.7. The second-order valence-electron chi connectivity index (χ2n) is 4.96. The van der Waals surface area contributed by atoms with Crippen LogP contribution >= 0.6 is 0 Å². The number of pyridine rings is 1. The van der Waals surface area contributed by atoms with E-state index in [0.717, 1.165) is 25.7 Å². The van der Waals surface area contributed by atoms with Crippen molar-refractivity contribution in [1.82, 2.24) is 9.88 Å². The van der Waals surface area contributed by atoms with Crippen LogP contribution in [0, 0.1) is 0 Å². The summed E-state index contributed by atoms with van der Waals surface area (Å²) >= 11 is 0. The van der Waals surface area contributed by atoms with Crippen molar-refractivity contribution >= 4 is 5.91 Å². The zero-order valence-corrected chi connectivity index (χ0v) is 11.0. The van der Waals surface area contributed by atoms with Crippen molar-refractivity contribution in [2.24, 2.45) is 0 Å². The van der Waals surface area contributed by atoms with Gasteiger partial charge in [0, 0.05) is 24.8 Å². The molecule has 1 aromatic rings. The molecule has 1 heterocycles. The van der Waals surface area contributed by atoms with Crippen LogP contribution in [0.3, 0.4) is 0 Å². The summed E-state index contributed by atoms with van der Waals surface area (Å²) in [5.41, 5.74) is 0.251. The third-order valence-corrected chi connectivity index (χ3v) is 3.65. The minimum Gasteiger partial charge on any atom is -0.395 e. The van der Waals surface area contributed by atoms with E-state index < -0.39 is 0 Å². The first-order valence-corrected chi connectivity index (χ1v) is 6.83. The molecule has 1 fully saturated rings. The minimum absolute atomic E-state index is 0.0361. The first-order valence-electron chi connectivity index (χ1n) is 6.83. The number of nitrogens with one attached hydrogen (secondary N) is 1. The average molecular weight is 264 g/mol. The number of carbonyl (C=O) groups excluding carboxylic acids is 1. The smallest absolute Gasteiger partial charge is 0.255 e. The fraction of sp³-hybridized carbons (Fsp3) is 0.571. The minimum atomic E-state index is -0.220. The average Bonchev–Trinajstić information content (AvgIpc) is 2.46. The van der Waals surface area contributed by atoms with Gasteiger partial charge in [-0.2, -0.15) is 0 Å². The summed E-state index contributed by atoms with van der Waals surface area (Å²) in [7, 11) is 0. The van der Waals surface area contributed by atoms with Crippen LogP contribution in [-0.4, -0.2) is 40.1 Å². The number of hydrogen-bond acceptors (Lipinski definition) is 3. The molecule has 19 heavy (non-hydrogen) atoms. The summed E-state index contributed by atoms with van der Waals surface area (Å²) < 4.78 is 0. The third-order valence-electron chi connectivity index (χ3n) is 3.65. The van der Waals surface area contributed by atoms with E-state index in [9.17, 15) is 9.59 Å². The molecule has 0 unspecified atom stereocenters. The number of hydrogen-bond donors (Lipinski definition) is 2. The highest BCUT2D eigenvalue weighted by Gasteiger charge is 2.25. The van der Waals surface area contributed by atoms with E-state index >= 15 is 0 Å². The number of aromatic amines is 1. The van der Waals surface area contributed by atoms with Crippen molar-refractivity contribution in [1.29, 1.82) is 0 Å². The van der Waals surface area contributed by atoms with Gasteiger partial charge < -0.3 is 15.0 Å². The molecule has 1 amide bonds. The fourth-order valence-electron chi connectivity index (χ4n) is 2.66. The molecule has 104 valence electrons. The summed E-state index contributed by atoms with van der Waals surface area (Å²) in [5, 5.41) is 9.16. The first-order chi connectivity index (χ1) is 9.22. The van der Waals surface area contributed by atoms with E-state index in [0.29, 0.717) is 12.1 Å². The SMILES string of the molecule is O=C(c1ccc(=O)[nH]c1)N(CCO)C1CCCCC1. The van der Waals surface area contributed by atoms with Crippen LogP contribution < -0.4 is 5.56 Å². The van der Waals surface area contributed by atoms with Crippen molar-refractivity contribution in [3.8, 4) is 0 Å². The second kappa shape index (κ2) is 6.52. The Morgan fingerprint density at radius 1 is 1.32 bits per heavy atom. The number of H-pyrrole nitrogens is 1. The van der Waals surface area contributed by atoms with E-state index in [4.69, 9.17) is 5.11 Å². The number of aliphatic hydroxyl groups excluding tert-OH is 1. The lowest BCUT2D eigenvalue weighted by Gasteiger charge is -2.34. The number of aliphatic hydroxyl groups is 1. The molecule has 5 nitrogen and oxygen atoms in total. The molecule has 1 aliphatic carbocycles. The zero-order valence-electron chi connectivity index (χ0n) is 11.0. The van der Waals surface area contributed by atoms with Crippen LogP contribution in [0.15, 0.2) is 23.1 Å². The lowest BCUT2D eigenvalue weighted by atomic mass is 9.94. The summed E-state index contributed by atoms with van der Waals surface area (Å²) in [6.45, 7) is 0.314. The Balaban J connectivity index is 2.15. The van der Waals surface area contributed by atoms with Crippen molar-refractivity contribution in [2.45, 2.75) is 38.1 Å². The predicted molar refractivity (Wildman–Crippen MR) is 72.1 cm³/mol. The van der Waals surface area contributed by atoms with Crippen LogP contribution in [0.25, 0.3) is 0 Å². The van der Waals surface area contributed by atoms with Gasteiger partial charge >= 0.3 is 0 Å². The van der Waals surface area contributed by atoms with E-state index in [1.165, 1.54) is 24.8 Å². The highest BCUT2D eigenvalue weighted by molar-refractivity contribution is 5.94. The summed E-state index contributed by atoms with van der Waals surface area (Å²) in [4.78, 5) is 27.7. The van der Waals surface area contributed by atoms with Gasteiger partial charge in [-0.15, -0.1) is 0 Å². The highest BCUT2D eigenvalue weighted by Crippen LogP contribution is 2.23. The highest BCUT2D eigenvalue weighted by atomic mass is 16.3. The van der Waals surface area contributed by atoms with Gasteiger partial charge in [-0.3, -0.25) is 9.59 Å². The number of nitrogens with zero attached hydrogens (tertiary/aromatic N) is 1. The Kier molecular flexibility index (Phi) is 4.74. The Morgan fingerprint density at radius 2 is 2.05 bits per heavy atom. The van der Waals surface area contributed by atoms with Crippen LogP contribution in [0.2, 0.25) is 0 Å². The summed E-state index contributed by atoms with van der Waals surface area (Å²) in [6.07, 6.45) is 6.91. The molecule has 0 aromatic carbocycles. The molecule has 0 spiro atoms. The molecule has 2 rings (SSSR count). The predicted octanol–water partition coefficient (Wildman–Crippen LogP) is 1.14. The topological polar surface area (TPSA) is 73.4 Å². The molecule has 1 aromatic heterocycles. The molecule has 0 bridgehead atoms. The number of aromatic nitrogens is 1. The van der Waals surface area contributed by atoms with Crippen molar-refractivity contribution in [3.63, 3.8) is 0 Å². The molecular formula is C14H20N2O3. The quantitative estimate of drug-likeness (QED) is 0.856. The summed E-state index contributed by atoms with van der Waals surface area (Å²) in [6, 6.07) is 3.10. The van der Waals surface area contributed by atoms with Crippen LogP contribution in [0.5, 0.6) is 0 Å². The van der Waals surface area contributed by atoms with E-state index in [1.54, 1.807) is 4.90 Å². The first kappa shape index (κ1) is 13.8. The molecule has 1 saturated carbocycles. The van der Waals surface area contributed by atoms with Crippen LogP contribution in [0.4, 0.5) is 0 Å². The molecule has 0 saturated heterocycles. The molecule has 5 heteroatoms. The molecule has 2 N–H and O–H groups in total. The molecule has 0 atom stereocenters. The Morgan fingerprint density at radius 3 is 2.63 bits per heavy atom. The Labute approximate surface area is 112 Å². The Hall–Kier alpha value is -1.62. The normalized spacial score (nSPS) is 16.3.